The van der Waals surface area contributed by atoms with Gasteiger partial charge in [0.1, 0.15) is 23.0 Å². The number of carbonyl (C=O) groups excluding carboxylic acids is 2. The first-order valence-corrected chi connectivity index (χ1v) is 13.5. The van der Waals surface area contributed by atoms with Crippen LogP contribution in [-0.2, 0) is 15.0 Å². The highest BCUT2D eigenvalue weighted by molar-refractivity contribution is 6.51. The van der Waals surface area contributed by atoms with Gasteiger partial charge in [0.2, 0.25) is 0 Å². The van der Waals surface area contributed by atoms with E-state index in [9.17, 15) is 14.7 Å². The first-order chi connectivity index (χ1) is 19.0. The Morgan fingerprint density at radius 3 is 2.27 bits per heavy atom. The number of carbonyl (C=O) groups is 2. The molecule has 1 amide bonds. The normalized spacial score (nSPS) is 16.9. The van der Waals surface area contributed by atoms with Crippen molar-refractivity contribution in [3.05, 3.63) is 89.0 Å². The number of ketones is 1. The van der Waals surface area contributed by atoms with Crippen LogP contribution < -0.4 is 19.1 Å². The molecule has 1 atom stereocenters. The van der Waals surface area contributed by atoms with Crippen LogP contribution in [0.25, 0.3) is 5.76 Å². The summed E-state index contributed by atoms with van der Waals surface area (Å²) in [5.74, 6) is -0.190. The molecule has 1 saturated heterocycles. The molecule has 4 rings (SSSR count). The largest absolute Gasteiger partial charge is 0.507 e. The molecule has 3 aromatic carbocycles. The van der Waals surface area contributed by atoms with Crippen molar-refractivity contribution in [1.29, 1.82) is 0 Å². The zero-order valence-electron chi connectivity index (χ0n) is 24.1. The third kappa shape index (κ3) is 5.69. The maximum atomic E-state index is 13.7. The summed E-state index contributed by atoms with van der Waals surface area (Å²) in [7, 11) is 1.51. The van der Waals surface area contributed by atoms with E-state index in [2.05, 4.69) is 20.8 Å². The Balaban J connectivity index is 1.95. The van der Waals surface area contributed by atoms with Crippen LogP contribution in [0.4, 0.5) is 5.69 Å². The summed E-state index contributed by atoms with van der Waals surface area (Å²) < 4.78 is 17.0. The Bertz CT molecular complexity index is 1430. The molecule has 0 radical (unpaired) electrons. The lowest BCUT2D eigenvalue weighted by Crippen LogP contribution is -2.29. The fourth-order valence-corrected chi connectivity index (χ4v) is 4.81. The van der Waals surface area contributed by atoms with E-state index in [0.717, 1.165) is 5.56 Å². The Morgan fingerprint density at radius 2 is 1.68 bits per heavy atom. The number of amides is 1. The molecule has 7 heteroatoms. The molecule has 210 valence electrons. The minimum atomic E-state index is -0.895. The van der Waals surface area contributed by atoms with Crippen molar-refractivity contribution in [2.75, 3.05) is 18.6 Å². The second kappa shape index (κ2) is 11.5. The van der Waals surface area contributed by atoms with Crippen LogP contribution in [0.3, 0.4) is 0 Å². The van der Waals surface area contributed by atoms with Crippen LogP contribution >= 0.6 is 0 Å². The summed E-state index contributed by atoms with van der Waals surface area (Å²) in [4.78, 5) is 28.7. The number of hydrogen-bond acceptors (Lipinski definition) is 6. The van der Waals surface area contributed by atoms with Crippen LogP contribution in [-0.4, -0.2) is 36.6 Å². The molecular formula is C33H37NO6. The molecule has 1 fully saturated rings. The summed E-state index contributed by atoms with van der Waals surface area (Å²) in [5, 5.41) is 11.8. The van der Waals surface area contributed by atoms with Crippen LogP contribution in [0.5, 0.6) is 17.2 Å². The number of nitrogens with zero attached hydrogens (tertiary/aromatic N) is 1. The summed E-state index contributed by atoms with van der Waals surface area (Å²) in [6.45, 7) is 12.4. The lowest BCUT2D eigenvalue weighted by molar-refractivity contribution is -0.132. The monoisotopic (exact) mass is 543 g/mol. The maximum absolute atomic E-state index is 13.7. The standard InChI is InChI=1S/C33H37NO6/c1-8-39-25-11-9-10-23(19-25)34-29(21-12-15-24(16-13-21)40-20(2)3)28(31(36)32(34)37)30(35)26-18-22(33(4,5)6)14-17-27(26)38-7/h9-20,29,35H,8H2,1-7H3/b30-28+. The van der Waals surface area contributed by atoms with Gasteiger partial charge in [-0.2, -0.15) is 0 Å². The highest BCUT2D eigenvalue weighted by atomic mass is 16.5. The van der Waals surface area contributed by atoms with E-state index in [-0.39, 0.29) is 22.9 Å². The number of aliphatic hydroxyl groups is 1. The van der Waals surface area contributed by atoms with Crippen molar-refractivity contribution < 1.29 is 28.9 Å². The number of anilines is 1. The van der Waals surface area contributed by atoms with Crippen molar-refractivity contribution >= 4 is 23.1 Å². The third-order valence-electron chi connectivity index (χ3n) is 6.74. The zero-order chi connectivity index (χ0) is 29.2. The lowest BCUT2D eigenvalue weighted by Gasteiger charge is -2.26. The SMILES string of the molecule is CCOc1cccc(N2C(=O)C(=O)/C(=C(/O)c3cc(C(C)(C)C)ccc3OC)C2c2ccc(OC(C)C)cc2)c1. The molecule has 1 unspecified atom stereocenters. The molecule has 1 aliphatic rings. The van der Waals surface area contributed by atoms with Crippen LogP contribution in [0.1, 0.15) is 64.3 Å². The quantitative estimate of drug-likeness (QED) is 0.191. The molecule has 1 N–H and O–H groups in total. The summed E-state index contributed by atoms with van der Waals surface area (Å²) in [5.41, 5.74) is 2.17. The Kier molecular flexibility index (Phi) is 8.24. The average molecular weight is 544 g/mol. The van der Waals surface area contributed by atoms with E-state index in [1.54, 1.807) is 42.5 Å². The van der Waals surface area contributed by atoms with Gasteiger partial charge >= 0.3 is 0 Å². The van der Waals surface area contributed by atoms with E-state index >= 15 is 0 Å². The average Bonchev–Trinajstić information content (AvgIpc) is 3.18. The van der Waals surface area contributed by atoms with Crippen LogP contribution in [0.2, 0.25) is 0 Å². The molecule has 0 aromatic heterocycles. The van der Waals surface area contributed by atoms with Gasteiger partial charge < -0.3 is 19.3 Å². The number of aliphatic hydroxyl groups excluding tert-OH is 1. The second-order valence-corrected chi connectivity index (χ2v) is 11.0. The van der Waals surface area contributed by atoms with Crippen molar-refractivity contribution in [1.82, 2.24) is 0 Å². The molecule has 0 bridgehead atoms. The van der Waals surface area contributed by atoms with Crippen LogP contribution in [0.15, 0.2) is 72.3 Å². The summed E-state index contributed by atoms with van der Waals surface area (Å²) >= 11 is 0. The van der Waals surface area contributed by atoms with E-state index in [4.69, 9.17) is 14.2 Å². The third-order valence-corrected chi connectivity index (χ3v) is 6.74. The van der Waals surface area contributed by atoms with Crippen molar-refractivity contribution in [3.63, 3.8) is 0 Å². The number of hydrogen-bond donors (Lipinski definition) is 1. The zero-order valence-corrected chi connectivity index (χ0v) is 24.1. The smallest absolute Gasteiger partial charge is 0.300 e. The molecule has 0 aliphatic carbocycles. The predicted molar refractivity (Wildman–Crippen MR) is 156 cm³/mol. The number of ether oxygens (including phenoxy) is 3. The van der Waals surface area contributed by atoms with Crippen molar-refractivity contribution in [2.45, 2.75) is 59.1 Å². The van der Waals surface area contributed by atoms with Gasteiger partial charge in [0.25, 0.3) is 11.7 Å². The fourth-order valence-electron chi connectivity index (χ4n) is 4.81. The number of benzene rings is 3. The molecule has 1 aliphatic heterocycles. The molecule has 0 spiro atoms. The van der Waals surface area contributed by atoms with Gasteiger partial charge in [-0.3, -0.25) is 14.5 Å². The van der Waals surface area contributed by atoms with E-state index in [1.165, 1.54) is 12.0 Å². The van der Waals surface area contributed by atoms with Crippen molar-refractivity contribution in [2.24, 2.45) is 0 Å². The number of methoxy groups -OCH3 is 1. The Hall–Kier alpha value is -4.26. The first kappa shape index (κ1) is 28.7. The van der Waals surface area contributed by atoms with E-state index in [1.807, 2.05) is 45.0 Å². The molecule has 3 aromatic rings. The van der Waals surface area contributed by atoms with E-state index in [0.29, 0.717) is 40.7 Å². The van der Waals surface area contributed by atoms with Crippen molar-refractivity contribution in [3.8, 4) is 17.2 Å². The van der Waals surface area contributed by atoms with Gasteiger partial charge in [0.05, 0.1) is 37.0 Å². The van der Waals surface area contributed by atoms with Gasteiger partial charge in [-0.15, -0.1) is 0 Å². The first-order valence-electron chi connectivity index (χ1n) is 13.5. The maximum Gasteiger partial charge on any atom is 0.300 e. The molecule has 40 heavy (non-hydrogen) atoms. The molecule has 1 heterocycles. The minimum Gasteiger partial charge on any atom is -0.507 e. The van der Waals surface area contributed by atoms with Gasteiger partial charge in [-0.25, -0.2) is 0 Å². The summed E-state index contributed by atoms with van der Waals surface area (Å²) in [6, 6.07) is 18.9. The lowest BCUT2D eigenvalue weighted by atomic mass is 9.85. The van der Waals surface area contributed by atoms with Gasteiger partial charge in [-0.1, -0.05) is 45.0 Å². The van der Waals surface area contributed by atoms with Gasteiger partial charge in [-0.05, 0) is 73.7 Å². The second-order valence-electron chi connectivity index (χ2n) is 11.0. The minimum absolute atomic E-state index is 0.0136. The summed E-state index contributed by atoms with van der Waals surface area (Å²) in [6.07, 6.45) is -0.0136. The topological polar surface area (TPSA) is 85.3 Å². The van der Waals surface area contributed by atoms with Crippen LogP contribution in [0, 0.1) is 0 Å². The predicted octanol–water partition coefficient (Wildman–Crippen LogP) is 6.80. The number of rotatable bonds is 8. The number of Topliss-reactive ketones (excluding diaryl/α,β-unsaturated/α-hetero) is 1. The molecule has 7 nitrogen and oxygen atoms in total. The molecule has 0 saturated carbocycles. The Morgan fingerprint density at radius 1 is 0.975 bits per heavy atom. The van der Waals surface area contributed by atoms with Gasteiger partial charge in [0.15, 0.2) is 0 Å². The Labute approximate surface area is 236 Å². The van der Waals surface area contributed by atoms with E-state index < -0.39 is 17.7 Å². The fraction of sp³-hybridized carbons (Fsp3) is 0.333. The highest BCUT2D eigenvalue weighted by Gasteiger charge is 2.47. The van der Waals surface area contributed by atoms with Gasteiger partial charge in [0, 0.05) is 11.8 Å². The highest BCUT2D eigenvalue weighted by Crippen LogP contribution is 2.44. The molecular weight excluding hydrogens is 506 g/mol.